The van der Waals surface area contributed by atoms with Gasteiger partial charge in [0.25, 0.3) is 0 Å². The van der Waals surface area contributed by atoms with Crippen molar-refractivity contribution in [2.24, 2.45) is 0 Å². The van der Waals surface area contributed by atoms with Crippen molar-refractivity contribution in [3.8, 4) is 0 Å². The summed E-state index contributed by atoms with van der Waals surface area (Å²) < 4.78 is 0. The third-order valence-corrected chi connectivity index (χ3v) is 2.92. The SMILES string of the molecule is CCCC(=O)[c-]1[cH-][cH-][cH-][cH-]1.CCCC(=O)[c-]1cccc1.[Fe]. The molecule has 2 aromatic rings. The molecule has 0 unspecified atom stereocenters. The smallest absolute Gasteiger partial charge is 0.108 e. The molecule has 2 aromatic carbocycles. The maximum Gasteiger partial charge on any atom is 0.108 e. The zero-order valence-electron chi connectivity index (χ0n) is 12.6. The Kier molecular flexibility index (Phi) is 10.5. The third-order valence-electron chi connectivity index (χ3n) is 2.92. The van der Waals surface area contributed by atoms with E-state index in [0.29, 0.717) is 12.8 Å². The summed E-state index contributed by atoms with van der Waals surface area (Å²) in [7, 11) is 0. The van der Waals surface area contributed by atoms with E-state index in [0.717, 1.165) is 24.0 Å². The summed E-state index contributed by atoms with van der Waals surface area (Å²) in [5.74, 6) is 0.514. The molecule has 0 aliphatic carbocycles. The van der Waals surface area contributed by atoms with Gasteiger partial charge in [0, 0.05) is 17.1 Å². The summed E-state index contributed by atoms with van der Waals surface area (Å²) in [6, 6.07) is 15.0. The Morgan fingerprint density at radius 2 is 1.38 bits per heavy atom. The van der Waals surface area contributed by atoms with Crippen molar-refractivity contribution in [1.82, 2.24) is 0 Å². The van der Waals surface area contributed by atoms with Crippen LogP contribution in [0.5, 0.6) is 0 Å². The van der Waals surface area contributed by atoms with Gasteiger partial charge in [-0.2, -0.15) is 12.1 Å². The Hall–Kier alpha value is -1.44. The Morgan fingerprint density at radius 3 is 1.86 bits per heavy atom. The second kappa shape index (κ2) is 11.2. The first kappa shape index (κ1) is 19.6. The summed E-state index contributed by atoms with van der Waals surface area (Å²) in [6.07, 6.45) is 3.21. The molecule has 0 aliphatic heterocycles. The minimum Gasteiger partial charge on any atom is -0.718 e. The van der Waals surface area contributed by atoms with Gasteiger partial charge in [-0.15, -0.1) is 6.42 Å². The van der Waals surface area contributed by atoms with Gasteiger partial charge in [-0.05, 0) is 12.8 Å². The fourth-order valence-electron chi connectivity index (χ4n) is 1.86. The molecule has 0 amide bonds. The predicted octanol–water partition coefficient (Wildman–Crippen LogP) is 4.77. The van der Waals surface area contributed by atoms with Gasteiger partial charge in [-0.25, -0.2) is 12.1 Å². The molecule has 0 aromatic heterocycles. The average Bonchev–Trinajstić information content (AvgIpc) is 3.14. The van der Waals surface area contributed by atoms with Crippen LogP contribution >= 0.6 is 0 Å². The Labute approximate surface area is 137 Å². The fourth-order valence-corrected chi connectivity index (χ4v) is 1.86. The summed E-state index contributed by atoms with van der Waals surface area (Å²) in [5, 5.41) is 0. The molecule has 0 spiro atoms. The van der Waals surface area contributed by atoms with Gasteiger partial charge in [0.2, 0.25) is 0 Å². The molecule has 0 radical (unpaired) electrons. The molecule has 120 valence electrons. The topological polar surface area (TPSA) is 34.1 Å². The first-order valence-electron chi connectivity index (χ1n) is 7.18. The van der Waals surface area contributed by atoms with Gasteiger partial charge in [0.15, 0.2) is 0 Å². The van der Waals surface area contributed by atoms with Crippen LogP contribution in [0.15, 0.2) is 48.5 Å². The number of carbonyl (C=O) groups excluding carboxylic acids is 2. The maximum absolute atomic E-state index is 11.1. The van der Waals surface area contributed by atoms with E-state index in [-0.39, 0.29) is 28.6 Å². The van der Waals surface area contributed by atoms with E-state index in [2.05, 4.69) is 0 Å². The van der Waals surface area contributed by atoms with Crippen LogP contribution in [-0.4, -0.2) is 11.6 Å². The van der Waals surface area contributed by atoms with Gasteiger partial charge in [-0.3, -0.25) is 5.78 Å². The molecule has 0 atom stereocenters. The van der Waals surface area contributed by atoms with Crippen LogP contribution in [0.3, 0.4) is 0 Å². The van der Waals surface area contributed by atoms with Crippen molar-refractivity contribution in [2.45, 2.75) is 39.5 Å². The Bertz CT molecular complexity index is 447. The van der Waals surface area contributed by atoms with E-state index < -0.39 is 0 Å². The summed E-state index contributed by atoms with van der Waals surface area (Å²) in [4.78, 5) is 22.2. The van der Waals surface area contributed by atoms with Gasteiger partial charge in [-0.1, -0.05) is 25.8 Å². The van der Waals surface area contributed by atoms with Gasteiger partial charge in [0.05, 0.1) is 0 Å². The molecule has 0 heterocycles. The van der Waals surface area contributed by atoms with E-state index >= 15 is 0 Å². The second-order valence-electron chi connectivity index (χ2n) is 4.69. The molecule has 21 heavy (non-hydrogen) atoms. The van der Waals surface area contributed by atoms with Crippen molar-refractivity contribution in [2.75, 3.05) is 0 Å². The molecule has 2 nitrogen and oxygen atoms in total. The van der Waals surface area contributed by atoms with Crippen molar-refractivity contribution in [3.05, 3.63) is 59.7 Å². The fraction of sp³-hybridized carbons (Fsp3) is 0.333. The van der Waals surface area contributed by atoms with E-state index in [9.17, 15) is 9.59 Å². The molecule has 0 saturated heterocycles. The van der Waals surface area contributed by atoms with Crippen LogP contribution in [0.25, 0.3) is 0 Å². The maximum atomic E-state index is 11.1. The number of carbonyl (C=O) groups is 2. The van der Waals surface area contributed by atoms with E-state index in [1.807, 2.05) is 62.4 Å². The van der Waals surface area contributed by atoms with Crippen molar-refractivity contribution < 1.29 is 26.7 Å². The Balaban J connectivity index is 0.000000364. The molecule has 0 aliphatic rings. The zero-order chi connectivity index (χ0) is 14.8. The normalized spacial score (nSPS) is 9.24. The molecule has 0 fully saturated rings. The van der Waals surface area contributed by atoms with Gasteiger partial charge >= 0.3 is 0 Å². The standard InChI is InChI=1S/2C9H11O.Fe/c2*1-2-5-9(10)8-6-3-4-7-8;/h2*3-4,6-7H,2,5H2,1H3;/q-5;-1;. The Morgan fingerprint density at radius 1 is 0.905 bits per heavy atom. The predicted molar refractivity (Wildman–Crippen MR) is 82.5 cm³/mol. The van der Waals surface area contributed by atoms with E-state index in [4.69, 9.17) is 0 Å². The molecule has 0 N–H and O–H groups in total. The van der Waals surface area contributed by atoms with Crippen LogP contribution in [0, 0.1) is 0 Å². The van der Waals surface area contributed by atoms with Gasteiger partial charge < -0.3 is 39.4 Å². The second-order valence-corrected chi connectivity index (χ2v) is 4.69. The monoisotopic (exact) mass is 326 g/mol. The minimum absolute atomic E-state index is 0. The van der Waals surface area contributed by atoms with Crippen molar-refractivity contribution >= 4 is 11.6 Å². The third kappa shape index (κ3) is 7.21. The first-order chi connectivity index (χ1) is 9.69. The molecule has 3 heteroatoms. The number of hydrogen-bond acceptors (Lipinski definition) is 2. The van der Waals surface area contributed by atoms with Crippen LogP contribution in [-0.2, 0) is 17.1 Å². The van der Waals surface area contributed by atoms with Crippen molar-refractivity contribution in [1.29, 1.82) is 0 Å². The van der Waals surface area contributed by atoms with Crippen LogP contribution in [0.1, 0.15) is 60.2 Å². The molecule has 2 rings (SSSR count). The minimum atomic E-state index is 0. The van der Waals surface area contributed by atoms with E-state index in [1.54, 1.807) is 0 Å². The molecule has 0 saturated carbocycles. The average molecular weight is 326 g/mol. The van der Waals surface area contributed by atoms with Crippen LogP contribution in [0.4, 0.5) is 0 Å². The number of hydrogen-bond donors (Lipinski definition) is 0. The number of ketones is 2. The van der Waals surface area contributed by atoms with Crippen LogP contribution in [0.2, 0.25) is 0 Å². The summed E-state index contributed by atoms with van der Waals surface area (Å²) in [5.41, 5.74) is 1.70. The first-order valence-corrected chi connectivity index (χ1v) is 7.18. The zero-order valence-corrected chi connectivity index (χ0v) is 13.7. The number of Topliss-reactive ketones (excluding diaryl/α,β-unsaturated/α-hetero) is 2. The number of rotatable bonds is 6. The molecule has 0 bridgehead atoms. The summed E-state index contributed by atoms with van der Waals surface area (Å²) in [6.45, 7) is 4.03. The van der Waals surface area contributed by atoms with Crippen LogP contribution < -0.4 is 0 Å². The van der Waals surface area contributed by atoms with Crippen molar-refractivity contribution in [3.63, 3.8) is 0 Å². The largest absolute Gasteiger partial charge is 0.718 e. The molecular formula is C18H22FeO2-6. The quantitative estimate of drug-likeness (QED) is 0.435. The van der Waals surface area contributed by atoms with Gasteiger partial charge in [0.1, 0.15) is 5.78 Å². The van der Waals surface area contributed by atoms with E-state index in [1.165, 1.54) is 0 Å². The molecular weight excluding hydrogens is 304 g/mol. The summed E-state index contributed by atoms with van der Waals surface area (Å²) >= 11 is 0.